The van der Waals surface area contributed by atoms with E-state index in [1.807, 2.05) is 63.2 Å². The maximum Gasteiger partial charge on any atom is 0.257 e. The Morgan fingerprint density at radius 3 is 2.30 bits per heavy atom. The lowest BCUT2D eigenvalue weighted by Crippen LogP contribution is -2.16. The molecule has 2 aromatic rings. The van der Waals surface area contributed by atoms with Crippen molar-refractivity contribution in [2.24, 2.45) is 0 Å². The number of para-hydroxylation sites is 2. The van der Waals surface area contributed by atoms with E-state index in [1.54, 1.807) is 0 Å². The molecule has 0 saturated carbocycles. The molecule has 1 amide bonds. The summed E-state index contributed by atoms with van der Waals surface area (Å²) in [5.41, 5.74) is 4.55. The van der Waals surface area contributed by atoms with Crippen LogP contribution in [0.15, 0.2) is 42.5 Å². The van der Waals surface area contributed by atoms with Crippen molar-refractivity contribution in [2.75, 3.05) is 17.2 Å². The Labute approximate surface area is 120 Å². The summed E-state index contributed by atoms with van der Waals surface area (Å²) in [5.74, 6) is -0.0843. The van der Waals surface area contributed by atoms with Crippen LogP contribution in [-0.4, -0.2) is 12.5 Å². The Balaban J connectivity index is 2.29. The van der Waals surface area contributed by atoms with Crippen molar-refractivity contribution in [1.82, 2.24) is 0 Å². The lowest BCUT2D eigenvalue weighted by Gasteiger charge is -2.14. The third-order valence-electron chi connectivity index (χ3n) is 3.26. The van der Waals surface area contributed by atoms with Crippen LogP contribution >= 0.6 is 0 Å². The maximum atomic E-state index is 12.5. The summed E-state index contributed by atoms with van der Waals surface area (Å²) in [5, 5.41) is 6.23. The van der Waals surface area contributed by atoms with Crippen LogP contribution in [0.5, 0.6) is 0 Å². The molecule has 0 bridgehead atoms. The molecule has 0 spiro atoms. The zero-order valence-corrected chi connectivity index (χ0v) is 12.2. The summed E-state index contributed by atoms with van der Waals surface area (Å²) in [4.78, 5) is 12.5. The second kappa shape index (κ2) is 6.24. The highest BCUT2D eigenvalue weighted by molar-refractivity contribution is 6.08. The van der Waals surface area contributed by atoms with E-state index in [4.69, 9.17) is 0 Å². The Hall–Kier alpha value is -2.29. The standard InChI is InChI=1S/C17H20N2O/c1-4-18-15-11-6-5-10-14(15)17(20)19-16-12(2)8-7-9-13(16)3/h5-11,18H,4H2,1-3H3,(H,19,20). The minimum absolute atomic E-state index is 0.0843. The van der Waals surface area contributed by atoms with Crippen LogP contribution in [0.3, 0.4) is 0 Å². The fourth-order valence-electron chi connectivity index (χ4n) is 2.22. The van der Waals surface area contributed by atoms with Crippen LogP contribution < -0.4 is 10.6 Å². The van der Waals surface area contributed by atoms with Gasteiger partial charge in [0.05, 0.1) is 5.56 Å². The first-order chi connectivity index (χ1) is 9.63. The van der Waals surface area contributed by atoms with Crippen molar-refractivity contribution >= 4 is 17.3 Å². The summed E-state index contributed by atoms with van der Waals surface area (Å²) in [6.45, 7) is 6.80. The molecule has 0 aliphatic rings. The second-order valence-electron chi connectivity index (χ2n) is 4.80. The second-order valence-corrected chi connectivity index (χ2v) is 4.80. The number of carbonyl (C=O) groups is 1. The monoisotopic (exact) mass is 268 g/mol. The topological polar surface area (TPSA) is 41.1 Å². The molecule has 0 saturated heterocycles. The summed E-state index contributed by atoms with van der Waals surface area (Å²) in [6, 6.07) is 13.5. The highest BCUT2D eigenvalue weighted by atomic mass is 16.1. The molecule has 0 atom stereocenters. The van der Waals surface area contributed by atoms with Crippen LogP contribution in [-0.2, 0) is 0 Å². The molecule has 0 fully saturated rings. The van der Waals surface area contributed by atoms with Crippen LogP contribution in [0.4, 0.5) is 11.4 Å². The largest absolute Gasteiger partial charge is 0.385 e. The number of hydrogen-bond donors (Lipinski definition) is 2. The van der Waals surface area contributed by atoms with Gasteiger partial charge in [-0.15, -0.1) is 0 Å². The molecule has 2 rings (SSSR count). The van der Waals surface area contributed by atoms with Gasteiger partial charge >= 0.3 is 0 Å². The van der Waals surface area contributed by atoms with E-state index in [-0.39, 0.29) is 5.91 Å². The number of nitrogens with one attached hydrogen (secondary N) is 2. The van der Waals surface area contributed by atoms with E-state index in [9.17, 15) is 4.79 Å². The molecule has 0 aromatic heterocycles. The fraction of sp³-hybridized carbons (Fsp3) is 0.235. The quantitative estimate of drug-likeness (QED) is 0.880. The predicted octanol–water partition coefficient (Wildman–Crippen LogP) is 3.99. The van der Waals surface area contributed by atoms with Gasteiger partial charge in [-0.2, -0.15) is 0 Å². The summed E-state index contributed by atoms with van der Waals surface area (Å²) >= 11 is 0. The van der Waals surface area contributed by atoms with Gasteiger partial charge in [-0.05, 0) is 44.0 Å². The molecular formula is C17H20N2O. The van der Waals surface area contributed by atoms with Crippen LogP contribution in [0.1, 0.15) is 28.4 Å². The first-order valence-electron chi connectivity index (χ1n) is 6.84. The summed E-state index contributed by atoms with van der Waals surface area (Å²) in [7, 11) is 0. The van der Waals surface area contributed by atoms with Crippen molar-refractivity contribution in [3.05, 3.63) is 59.2 Å². The first-order valence-corrected chi connectivity index (χ1v) is 6.84. The normalized spacial score (nSPS) is 10.2. The average molecular weight is 268 g/mol. The van der Waals surface area contributed by atoms with E-state index in [1.165, 1.54) is 0 Å². The average Bonchev–Trinajstić information content (AvgIpc) is 2.44. The zero-order valence-electron chi connectivity index (χ0n) is 12.2. The Morgan fingerprint density at radius 2 is 1.65 bits per heavy atom. The van der Waals surface area contributed by atoms with Crippen molar-refractivity contribution in [3.63, 3.8) is 0 Å². The van der Waals surface area contributed by atoms with Gasteiger partial charge in [-0.25, -0.2) is 0 Å². The van der Waals surface area contributed by atoms with E-state index >= 15 is 0 Å². The number of amides is 1. The fourth-order valence-corrected chi connectivity index (χ4v) is 2.22. The van der Waals surface area contributed by atoms with E-state index < -0.39 is 0 Å². The molecule has 0 aliphatic heterocycles. The van der Waals surface area contributed by atoms with Crippen molar-refractivity contribution in [3.8, 4) is 0 Å². The van der Waals surface area contributed by atoms with Crippen LogP contribution in [0.25, 0.3) is 0 Å². The molecule has 2 aromatic carbocycles. The molecule has 0 aliphatic carbocycles. The molecule has 104 valence electrons. The molecule has 0 unspecified atom stereocenters. The van der Waals surface area contributed by atoms with Gasteiger partial charge in [0.25, 0.3) is 5.91 Å². The summed E-state index contributed by atoms with van der Waals surface area (Å²) < 4.78 is 0. The van der Waals surface area contributed by atoms with E-state index in [0.29, 0.717) is 5.56 Å². The van der Waals surface area contributed by atoms with Gasteiger partial charge < -0.3 is 10.6 Å². The Morgan fingerprint density at radius 1 is 1.00 bits per heavy atom. The number of carbonyl (C=O) groups excluding carboxylic acids is 1. The smallest absolute Gasteiger partial charge is 0.257 e. The van der Waals surface area contributed by atoms with Gasteiger partial charge in [0.1, 0.15) is 0 Å². The lowest BCUT2D eigenvalue weighted by atomic mass is 10.1. The zero-order chi connectivity index (χ0) is 14.5. The Kier molecular flexibility index (Phi) is 4.41. The highest BCUT2D eigenvalue weighted by Gasteiger charge is 2.12. The van der Waals surface area contributed by atoms with Crippen molar-refractivity contribution in [1.29, 1.82) is 0 Å². The highest BCUT2D eigenvalue weighted by Crippen LogP contribution is 2.22. The SMILES string of the molecule is CCNc1ccccc1C(=O)Nc1c(C)cccc1C. The molecular weight excluding hydrogens is 248 g/mol. The number of hydrogen-bond acceptors (Lipinski definition) is 2. The molecule has 20 heavy (non-hydrogen) atoms. The number of aryl methyl sites for hydroxylation is 2. The van der Waals surface area contributed by atoms with Gasteiger partial charge in [0, 0.05) is 17.9 Å². The van der Waals surface area contributed by atoms with Gasteiger partial charge in [0.15, 0.2) is 0 Å². The summed E-state index contributed by atoms with van der Waals surface area (Å²) in [6.07, 6.45) is 0. The van der Waals surface area contributed by atoms with Crippen LogP contribution in [0.2, 0.25) is 0 Å². The minimum Gasteiger partial charge on any atom is -0.385 e. The Bertz CT molecular complexity index is 600. The minimum atomic E-state index is -0.0843. The predicted molar refractivity (Wildman–Crippen MR) is 84.5 cm³/mol. The number of anilines is 2. The van der Waals surface area contributed by atoms with Gasteiger partial charge in [-0.3, -0.25) is 4.79 Å². The van der Waals surface area contributed by atoms with Gasteiger partial charge in [-0.1, -0.05) is 30.3 Å². The number of benzene rings is 2. The molecule has 3 nitrogen and oxygen atoms in total. The third kappa shape index (κ3) is 2.99. The van der Waals surface area contributed by atoms with Crippen molar-refractivity contribution < 1.29 is 4.79 Å². The lowest BCUT2D eigenvalue weighted by molar-refractivity contribution is 0.102. The van der Waals surface area contributed by atoms with E-state index in [0.717, 1.165) is 29.0 Å². The third-order valence-corrected chi connectivity index (χ3v) is 3.26. The van der Waals surface area contributed by atoms with Gasteiger partial charge in [0.2, 0.25) is 0 Å². The van der Waals surface area contributed by atoms with E-state index in [2.05, 4.69) is 10.6 Å². The van der Waals surface area contributed by atoms with Crippen molar-refractivity contribution in [2.45, 2.75) is 20.8 Å². The maximum absolute atomic E-state index is 12.5. The molecule has 0 heterocycles. The molecule has 3 heteroatoms. The number of rotatable bonds is 4. The van der Waals surface area contributed by atoms with Crippen LogP contribution in [0, 0.1) is 13.8 Å². The molecule has 2 N–H and O–H groups in total. The first kappa shape index (κ1) is 14.1. The molecule has 0 radical (unpaired) electrons.